The summed E-state index contributed by atoms with van der Waals surface area (Å²) >= 11 is 0. The van der Waals surface area contributed by atoms with Gasteiger partial charge in [-0.15, -0.1) is 0 Å². The normalized spacial score (nSPS) is 8.77. The number of hydrogen-bond donors (Lipinski definition) is 0. The molecule has 0 heterocycles. The lowest BCUT2D eigenvalue weighted by molar-refractivity contribution is -0.138. The zero-order chi connectivity index (χ0) is 10.3. The first-order chi connectivity index (χ1) is 6.11. The Balaban J connectivity index is 4.84. The van der Waals surface area contributed by atoms with Crippen LogP contribution in [0.2, 0.25) is 0 Å². The second-order valence-corrected chi connectivity index (χ2v) is 2.96. The number of hydrogen-bond acceptors (Lipinski definition) is 4. The Bertz CT molecular complexity index is 325. The maximum Gasteiger partial charge on any atom is 0.342 e. The highest BCUT2D eigenvalue weighted by Gasteiger charge is 2.08. The topological polar surface area (TPSA) is 60.4 Å². The molecule has 0 rings (SSSR count). The molecule has 74 valence electrons. The number of ether oxygens (including phenoxy) is 1. The van der Waals surface area contributed by atoms with Crippen LogP contribution < -0.4 is 0 Å². The molecule has 0 aliphatic carbocycles. The maximum absolute atomic E-state index is 11.1. The molecule has 0 atom stereocenters. The van der Waals surface area contributed by atoms with E-state index in [0.717, 1.165) is 0 Å². The van der Waals surface area contributed by atoms with Gasteiger partial charge in [0.15, 0.2) is 0 Å². The van der Waals surface area contributed by atoms with E-state index in [1.807, 2.05) is 11.9 Å². The van der Waals surface area contributed by atoms with Crippen LogP contribution in [-0.4, -0.2) is 26.0 Å². The molecule has 0 spiro atoms. The Kier molecular flexibility index (Phi) is 5.93. The minimum absolute atomic E-state index is 0.0812. The number of esters is 1. The van der Waals surface area contributed by atoms with Gasteiger partial charge in [-0.05, 0) is 13.3 Å². The molecule has 0 aromatic heterocycles. The van der Waals surface area contributed by atoms with Gasteiger partial charge < -0.3 is 4.74 Å². The van der Waals surface area contributed by atoms with E-state index in [4.69, 9.17) is 0 Å². The lowest BCUT2D eigenvalue weighted by atomic mass is 10.2. The van der Waals surface area contributed by atoms with Crippen LogP contribution >= 0.6 is 0 Å². The Labute approximate surface area is 78.7 Å². The van der Waals surface area contributed by atoms with Crippen molar-refractivity contribution in [3.63, 3.8) is 0 Å². The quantitative estimate of drug-likeness (QED) is 0.381. The van der Waals surface area contributed by atoms with Crippen molar-refractivity contribution >= 4 is 21.3 Å². The number of carbonyl (C=O) groups excluding carboxylic acids is 1. The molecule has 0 saturated carbocycles. The first kappa shape index (κ1) is 11.9. The molecule has 0 radical (unpaired) electrons. The van der Waals surface area contributed by atoms with Crippen molar-refractivity contribution in [3.8, 4) is 0 Å². The van der Waals surface area contributed by atoms with E-state index in [1.165, 1.54) is 0 Å². The monoisotopic (exact) mass is 204 g/mol. The fourth-order valence-electron chi connectivity index (χ4n) is 0.764. The molecule has 0 fully saturated rings. The highest BCUT2D eigenvalue weighted by atomic mass is 32.2. The van der Waals surface area contributed by atoms with Gasteiger partial charge in [0.05, 0.1) is 12.2 Å². The molecule has 13 heavy (non-hydrogen) atoms. The Morgan fingerprint density at radius 1 is 1.38 bits per heavy atom. The first-order valence-electron chi connectivity index (χ1n) is 4.00. The lowest BCUT2D eigenvalue weighted by Crippen LogP contribution is -2.08. The van der Waals surface area contributed by atoms with E-state index in [2.05, 4.69) is 4.74 Å². The predicted molar refractivity (Wildman–Crippen MR) is 49.0 cm³/mol. The van der Waals surface area contributed by atoms with E-state index in [9.17, 15) is 13.2 Å². The third-order valence-corrected chi connectivity index (χ3v) is 1.64. The minimum atomic E-state index is -2.46. The van der Waals surface area contributed by atoms with Gasteiger partial charge in [-0.25, -0.2) is 4.79 Å². The van der Waals surface area contributed by atoms with E-state index in [0.29, 0.717) is 12.8 Å². The van der Waals surface area contributed by atoms with E-state index in [1.54, 1.807) is 6.92 Å². The number of carbonyl (C=O) groups is 1. The molecule has 0 aromatic rings. The second kappa shape index (κ2) is 6.46. The van der Waals surface area contributed by atoms with Crippen LogP contribution in [0.4, 0.5) is 0 Å². The summed E-state index contributed by atoms with van der Waals surface area (Å²) in [5.74, 6) is -0.603. The zero-order valence-electron chi connectivity index (χ0n) is 7.66. The van der Waals surface area contributed by atoms with Gasteiger partial charge in [0.2, 0.25) is 0 Å². The van der Waals surface area contributed by atoms with Crippen molar-refractivity contribution in [3.05, 3.63) is 5.57 Å². The van der Waals surface area contributed by atoms with Crippen molar-refractivity contribution in [2.24, 2.45) is 0 Å². The van der Waals surface area contributed by atoms with Gasteiger partial charge in [0.1, 0.15) is 0 Å². The molecule has 0 bridgehead atoms. The Morgan fingerprint density at radius 3 is 2.38 bits per heavy atom. The third-order valence-electron chi connectivity index (χ3n) is 1.23. The van der Waals surface area contributed by atoms with Gasteiger partial charge >= 0.3 is 5.97 Å². The highest BCUT2D eigenvalue weighted by Crippen LogP contribution is 2.02. The summed E-state index contributed by atoms with van der Waals surface area (Å²) in [4.78, 5) is 11.1. The van der Waals surface area contributed by atoms with Crippen molar-refractivity contribution in [2.75, 3.05) is 6.61 Å². The van der Waals surface area contributed by atoms with Crippen LogP contribution in [0, 0.1) is 0 Å². The van der Waals surface area contributed by atoms with Gasteiger partial charge in [-0.1, -0.05) is 13.3 Å². The molecule has 0 unspecified atom stereocenters. The SMILES string of the molecule is CCCC(=C=S(=O)=O)C(=O)OCC. The molecular formula is C8H12O4S. The van der Waals surface area contributed by atoms with Crippen molar-refractivity contribution in [2.45, 2.75) is 26.7 Å². The summed E-state index contributed by atoms with van der Waals surface area (Å²) < 4.78 is 25.2. The molecule has 0 aliphatic heterocycles. The van der Waals surface area contributed by atoms with Gasteiger partial charge in [-0.3, -0.25) is 0 Å². The standard InChI is InChI=1S/C8H12O4S/c1-3-5-7(6-13(10)11)8(9)12-4-2/h3-5H2,1-2H3. The maximum atomic E-state index is 11.1. The summed E-state index contributed by atoms with van der Waals surface area (Å²) in [7, 11) is -2.46. The van der Waals surface area contributed by atoms with Crippen LogP contribution in [0.5, 0.6) is 0 Å². The van der Waals surface area contributed by atoms with E-state index < -0.39 is 16.3 Å². The Hall–Kier alpha value is -1.06. The van der Waals surface area contributed by atoms with Crippen molar-refractivity contribution < 1.29 is 17.9 Å². The average Bonchev–Trinajstić information content (AvgIpc) is 2.03. The summed E-state index contributed by atoms with van der Waals surface area (Å²) in [5.41, 5.74) is 0.0812. The number of rotatable bonds is 4. The fourth-order valence-corrected chi connectivity index (χ4v) is 1.15. The van der Waals surface area contributed by atoms with Gasteiger partial charge in [-0.2, -0.15) is 8.42 Å². The predicted octanol–water partition coefficient (Wildman–Crippen LogP) is 0.556. The highest BCUT2D eigenvalue weighted by molar-refractivity contribution is 7.71. The van der Waals surface area contributed by atoms with Gasteiger partial charge in [0, 0.05) is 5.02 Å². The summed E-state index contributed by atoms with van der Waals surface area (Å²) in [6, 6.07) is 0. The second-order valence-electron chi connectivity index (χ2n) is 2.29. The minimum Gasteiger partial charge on any atom is -0.462 e. The van der Waals surface area contributed by atoms with Crippen molar-refractivity contribution in [1.29, 1.82) is 0 Å². The average molecular weight is 204 g/mol. The van der Waals surface area contributed by atoms with Crippen LogP contribution in [0.25, 0.3) is 0 Å². The van der Waals surface area contributed by atoms with E-state index in [-0.39, 0.29) is 12.2 Å². The summed E-state index contributed by atoms with van der Waals surface area (Å²) in [6.45, 7) is 3.74. The first-order valence-corrected chi connectivity index (χ1v) is 5.08. The fraction of sp³-hybridized carbons (Fsp3) is 0.625. The van der Waals surface area contributed by atoms with E-state index >= 15 is 0 Å². The van der Waals surface area contributed by atoms with Crippen LogP contribution in [0.1, 0.15) is 26.7 Å². The van der Waals surface area contributed by atoms with Gasteiger partial charge in [0.25, 0.3) is 10.3 Å². The zero-order valence-corrected chi connectivity index (χ0v) is 8.48. The molecule has 4 nitrogen and oxygen atoms in total. The van der Waals surface area contributed by atoms with Crippen LogP contribution in [0.15, 0.2) is 5.57 Å². The Morgan fingerprint density at radius 2 is 2.00 bits per heavy atom. The molecule has 0 amide bonds. The summed E-state index contributed by atoms with van der Waals surface area (Å²) in [5, 5.41) is 2.02. The molecule has 0 aliphatic rings. The molecular weight excluding hydrogens is 192 g/mol. The van der Waals surface area contributed by atoms with Crippen LogP contribution in [-0.2, 0) is 19.8 Å². The molecule has 0 N–H and O–H groups in total. The summed E-state index contributed by atoms with van der Waals surface area (Å²) in [6.07, 6.45) is 1.05. The molecule has 5 heteroatoms. The van der Waals surface area contributed by atoms with Crippen LogP contribution in [0.3, 0.4) is 0 Å². The molecule has 0 aromatic carbocycles. The van der Waals surface area contributed by atoms with Crippen molar-refractivity contribution in [1.82, 2.24) is 0 Å². The smallest absolute Gasteiger partial charge is 0.342 e. The largest absolute Gasteiger partial charge is 0.462 e. The lowest BCUT2D eigenvalue weighted by Gasteiger charge is -2.00. The molecule has 0 saturated heterocycles. The third kappa shape index (κ3) is 5.22.